The molecule has 146 valence electrons. The SMILES string of the molecule is O=C(Nc1ccc(Oc2ccccc2)cc1)C1CC1C(=O)Nc1ccccc1F. The standard InChI is InChI=1S/C23H19FN2O3/c24-20-8-4-5-9-21(20)26-23(28)19-14-18(19)22(27)25-15-10-12-17(13-11-15)29-16-6-2-1-3-7-16/h1-13,18-19H,14H2,(H,25,27)(H,26,28). The molecule has 5 nitrogen and oxygen atoms in total. The molecule has 0 radical (unpaired) electrons. The summed E-state index contributed by atoms with van der Waals surface area (Å²) in [7, 11) is 0. The van der Waals surface area contributed by atoms with E-state index in [2.05, 4.69) is 10.6 Å². The fraction of sp³-hybridized carbons (Fsp3) is 0.130. The van der Waals surface area contributed by atoms with Crippen molar-refractivity contribution in [3.63, 3.8) is 0 Å². The average Bonchev–Trinajstić information content (AvgIpc) is 3.53. The molecule has 3 aromatic carbocycles. The highest BCUT2D eigenvalue weighted by molar-refractivity contribution is 6.03. The Morgan fingerprint density at radius 3 is 2.03 bits per heavy atom. The van der Waals surface area contributed by atoms with Gasteiger partial charge in [-0.3, -0.25) is 9.59 Å². The molecule has 1 aliphatic rings. The summed E-state index contributed by atoms with van der Waals surface area (Å²) >= 11 is 0. The smallest absolute Gasteiger partial charge is 0.228 e. The third-order valence-corrected chi connectivity index (χ3v) is 4.70. The van der Waals surface area contributed by atoms with Crippen molar-refractivity contribution in [2.75, 3.05) is 10.6 Å². The van der Waals surface area contributed by atoms with E-state index in [9.17, 15) is 14.0 Å². The van der Waals surface area contributed by atoms with Gasteiger partial charge in [0.05, 0.1) is 17.5 Å². The maximum absolute atomic E-state index is 13.6. The molecule has 0 bridgehead atoms. The molecule has 3 aromatic rings. The van der Waals surface area contributed by atoms with Gasteiger partial charge in [-0.05, 0) is 55.0 Å². The Hall–Kier alpha value is -3.67. The topological polar surface area (TPSA) is 67.4 Å². The molecule has 29 heavy (non-hydrogen) atoms. The molecular formula is C23H19FN2O3. The largest absolute Gasteiger partial charge is 0.457 e. The highest BCUT2D eigenvalue weighted by Crippen LogP contribution is 2.40. The van der Waals surface area contributed by atoms with Crippen molar-refractivity contribution in [1.82, 2.24) is 0 Å². The summed E-state index contributed by atoms with van der Waals surface area (Å²) in [5, 5.41) is 5.35. The monoisotopic (exact) mass is 390 g/mol. The van der Waals surface area contributed by atoms with Gasteiger partial charge < -0.3 is 15.4 Å². The first-order chi connectivity index (χ1) is 14.1. The average molecular weight is 390 g/mol. The number of amides is 2. The van der Waals surface area contributed by atoms with Gasteiger partial charge in [-0.25, -0.2) is 4.39 Å². The lowest BCUT2D eigenvalue weighted by atomic mass is 10.2. The number of nitrogens with one attached hydrogen (secondary N) is 2. The molecule has 1 saturated carbocycles. The van der Waals surface area contributed by atoms with Crippen molar-refractivity contribution in [2.45, 2.75) is 6.42 Å². The minimum absolute atomic E-state index is 0.123. The number of benzene rings is 3. The summed E-state index contributed by atoms with van der Waals surface area (Å²) < 4.78 is 19.4. The van der Waals surface area contributed by atoms with Crippen LogP contribution in [0, 0.1) is 17.7 Å². The van der Waals surface area contributed by atoms with E-state index in [1.807, 2.05) is 30.3 Å². The van der Waals surface area contributed by atoms with E-state index < -0.39 is 17.7 Å². The number of hydrogen-bond acceptors (Lipinski definition) is 3. The van der Waals surface area contributed by atoms with Gasteiger partial charge in [-0.15, -0.1) is 0 Å². The minimum Gasteiger partial charge on any atom is -0.457 e. The van der Waals surface area contributed by atoms with Crippen LogP contribution in [-0.4, -0.2) is 11.8 Å². The van der Waals surface area contributed by atoms with Crippen LogP contribution in [0.3, 0.4) is 0 Å². The van der Waals surface area contributed by atoms with Gasteiger partial charge in [-0.2, -0.15) is 0 Å². The molecule has 2 amide bonds. The van der Waals surface area contributed by atoms with Crippen LogP contribution in [-0.2, 0) is 9.59 Å². The van der Waals surface area contributed by atoms with Crippen LogP contribution >= 0.6 is 0 Å². The lowest BCUT2D eigenvalue weighted by molar-refractivity contribution is -0.122. The minimum atomic E-state index is -0.500. The Morgan fingerprint density at radius 1 is 0.759 bits per heavy atom. The molecule has 4 rings (SSSR count). The first-order valence-electron chi connectivity index (χ1n) is 9.29. The second kappa shape index (κ2) is 8.14. The summed E-state index contributed by atoms with van der Waals surface area (Å²) in [5.74, 6) is -0.552. The molecular weight excluding hydrogens is 371 g/mol. The maximum atomic E-state index is 13.6. The van der Waals surface area contributed by atoms with E-state index in [1.165, 1.54) is 12.1 Å². The van der Waals surface area contributed by atoms with E-state index in [4.69, 9.17) is 4.74 Å². The predicted octanol–water partition coefficient (Wildman–Crippen LogP) is 4.83. The molecule has 0 spiro atoms. The zero-order valence-electron chi connectivity index (χ0n) is 15.5. The van der Waals surface area contributed by atoms with Gasteiger partial charge in [0.1, 0.15) is 17.3 Å². The van der Waals surface area contributed by atoms with E-state index in [-0.39, 0.29) is 17.5 Å². The Labute approximate surface area is 167 Å². The highest BCUT2D eigenvalue weighted by atomic mass is 19.1. The molecule has 2 atom stereocenters. The molecule has 0 heterocycles. The molecule has 0 aromatic heterocycles. The van der Waals surface area contributed by atoms with Gasteiger partial charge in [0.25, 0.3) is 0 Å². The number of halogens is 1. The number of anilines is 2. The van der Waals surface area contributed by atoms with E-state index in [0.717, 1.165) is 5.75 Å². The van der Waals surface area contributed by atoms with Crippen molar-refractivity contribution in [3.05, 3.63) is 84.7 Å². The van der Waals surface area contributed by atoms with Crippen LogP contribution in [0.15, 0.2) is 78.9 Å². The summed E-state index contributed by atoms with van der Waals surface area (Å²) in [4.78, 5) is 24.6. The van der Waals surface area contributed by atoms with E-state index >= 15 is 0 Å². The Morgan fingerprint density at radius 2 is 1.34 bits per heavy atom. The van der Waals surface area contributed by atoms with Crippen LogP contribution in [0.5, 0.6) is 11.5 Å². The molecule has 0 saturated heterocycles. The number of para-hydroxylation sites is 2. The predicted molar refractivity (Wildman–Crippen MR) is 108 cm³/mol. The molecule has 6 heteroatoms. The van der Waals surface area contributed by atoms with Gasteiger partial charge >= 0.3 is 0 Å². The third kappa shape index (κ3) is 4.60. The third-order valence-electron chi connectivity index (χ3n) is 4.70. The normalized spacial score (nSPS) is 17.3. The number of carbonyl (C=O) groups is 2. The summed E-state index contributed by atoms with van der Waals surface area (Å²) in [6.45, 7) is 0. The fourth-order valence-corrected chi connectivity index (χ4v) is 3.03. The van der Waals surface area contributed by atoms with Crippen LogP contribution in [0.25, 0.3) is 0 Å². The highest BCUT2D eigenvalue weighted by Gasteiger charge is 2.48. The fourth-order valence-electron chi connectivity index (χ4n) is 3.03. The second-order valence-electron chi connectivity index (χ2n) is 6.85. The van der Waals surface area contributed by atoms with Gasteiger partial charge in [0.2, 0.25) is 11.8 Å². The first kappa shape index (κ1) is 18.7. The van der Waals surface area contributed by atoms with Crippen LogP contribution < -0.4 is 15.4 Å². The molecule has 2 N–H and O–H groups in total. The second-order valence-corrected chi connectivity index (χ2v) is 6.85. The van der Waals surface area contributed by atoms with Crippen LogP contribution in [0.1, 0.15) is 6.42 Å². The van der Waals surface area contributed by atoms with Crippen molar-refractivity contribution < 1.29 is 18.7 Å². The molecule has 1 fully saturated rings. The summed E-state index contributed by atoms with van der Waals surface area (Å²) in [5.41, 5.74) is 0.744. The number of rotatable bonds is 6. The molecule has 2 unspecified atom stereocenters. The summed E-state index contributed by atoms with van der Waals surface area (Å²) in [6, 6.07) is 22.4. The van der Waals surface area contributed by atoms with E-state index in [1.54, 1.807) is 36.4 Å². The van der Waals surface area contributed by atoms with Crippen molar-refractivity contribution in [2.24, 2.45) is 11.8 Å². The number of ether oxygens (including phenoxy) is 1. The lowest BCUT2D eigenvalue weighted by Crippen LogP contribution is -2.21. The zero-order chi connectivity index (χ0) is 20.2. The maximum Gasteiger partial charge on any atom is 0.228 e. The first-order valence-corrected chi connectivity index (χ1v) is 9.29. The van der Waals surface area contributed by atoms with Crippen molar-refractivity contribution >= 4 is 23.2 Å². The van der Waals surface area contributed by atoms with Crippen molar-refractivity contribution in [3.8, 4) is 11.5 Å². The van der Waals surface area contributed by atoms with Crippen molar-refractivity contribution in [1.29, 1.82) is 0 Å². The molecule has 1 aliphatic carbocycles. The molecule has 0 aliphatic heterocycles. The Balaban J connectivity index is 1.30. The lowest BCUT2D eigenvalue weighted by Gasteiger charge is -2.08. The number of carbonyl (C=O) groups excluding carboxylic acids is 2. The van der Waals surface area contributed by atoms with E-state index in [0.29, 0.717) is 17.9 Å². The Kier molecular flexibility index (Phi) is 5.24. The zero-order valence-corrected chi connectivity index (χ0v) is 15.5. The van der Waals surface area contributed by atoms with Gasteiger partial charge in [0.15, 0.2) is 0 Å². The van der Waals surface area contributed by atoms with Crippen LogP contribution in [0.4, 0.5) is 15.8 Å². The quantitative estimate of drug-likeness (QED) is 0.633. The van der Waals surface area contributed by atoms with Crippen LogP contribution in [0.2, 0.25) is 0 Å². The van der Waals surface area contributed by atoms with Gasteiger partial charge in [0, 0.05) is 5.69 Å². The van der Waals surface area contributed by atoms with Gasteiger partial charge in [-0.1, -0.05) is 30.3 Å². The Bertz CT molecular complexity index is 1020. The number of hydrogen-bond donors (Lipinski definition) is 2. The summed E-state index contributed by atoms with van der Waals surface area (Å²) in [6.07, 6.45) is 0.446.